The third-order valence-electron chi connectivity index (χ3n) is 2.69. The number of carbonyl (C=O) groups excluding carboxylic acids is 2. The molecule has 0 aromatic heterocycles. The van der Waals surface area contributed by atoms with E-state index >= 15 is 0 Å². The molecule has 0 bridgehead atoms. The number of esters is 1. The van der Waals surface area contributed by atoms with E-state index in [0.717, 1.165) is 0 Å². The molecular weight excluding hydrogens is 296 g/mol. The molecule has 0 aliphatic rings. The van der Waals surface area contributed by atoms with E-state index in [4.69, 9.17) is 0 Å². The summed E-state index contributed by atoms with van der Waals surface area (Å²) >= 11 is 0. The molecule has 7 nitrogen and oxygen atoms in total. The highest BCUT2D eigenvalue weighted by molar-refractivity contribution is 7.89. The molecule has 1 rings (SSSR count). The SMILES string of the molecule is COC(=O)c1ccc(C)c(S(=O)(=O)NCCNC(C)=O)c1. The summed E-state index contributed by atoms with van der Waals surface area (Å²) in [5.74, 6) is -0.845. The molecule has 2 N–H and O–H groups in total. The number of sulfonamides is 1. The van der Waals surface area contributed by atoms with Gasteiger partial charge in [0.2, 0.25) is 15.9 Å². The van der Waals surface area contributed by atoms with E-state index in [1.165, 1.54) is 32.2 Å². The zero-order valence-electron chi connectivity index (χ0n) is 12.1. The van der Waals surface area contributed by atoms with E-state index in [0.29, 0.717) is 5.56 Å². The van der Waals surface area contributed by atoms with Crippen molar-refractivity contribution in [2.24, 2.45) is 0 Å². The second-order valence-electron chi connectivity index (χ2n) is 4.35. The fourth-order valence-electron chi connectivity index (χ4n) is 1.64. The standard InChI is InChI=1S/C13H18N2O5S/c1-9-4-5-11(13(17)20-3)8-12(9)21(18,19)15-7-6-14-10(2)16/h4-5,8,15H,6-7H2,1-3H3,(H,14,16). The minimum atomic E-state index is -3.76. The number of methoxy groups -OCH3 is 1. The van der Waals surface area contributed by atoms with Gasteiger partial charge in [0.05, 0.1) is 17.6 Å². The Morgan fingerprint density at radius 2 is 1.90 bits per heavy atom. The van der Waals surface area contributed by atoms with Gasteiger partial charge in [0.25, 0.3) is 0 Å². The van der Waals surface area contributed by atoms with Gasteiger partial charge in [0.1, 0.15) is 0 Å². The molecule has 21 heavy (non-hydrogen) atoms. The van der Waals surface area contributed by atoms with Crippen LogP contribution in [0.3, 0.4) is 0 Å². The topological polar surface area (TPSA) is 102 Å². The average Bonchev–Trinajstić information content (AvgIpc) is 2.43. The van der Waals surface area contributed by atoms with Crippen molar-refractivity contribution >= 4 is 21.9 Å². The van der Waals surface area contributed by atoms with Crippen LogP contribution in [0.5, 0.6) is 0 Å². The fraction of sp³-hybridized carbons (Fsp3) is 0.385. The number of rotatable bonds is 6. The van der Waals surface area contributed by atoms with Crippen molar-refractivity contribution in [3.05, 3.63) is 29.3 Å². The zero-order chi connectivity index (χ0) is 16.0. The lowest BCUT2D eigenvalue weighted by molar-refractivity contribution is -0.118. The second kappa shape index (κ2) is 7.19. The van der Waals surface area contributed by atoms with Gasteiger partial charge < -0.3 is 10.1 Å². The third-order valence-corrected chi connectivity index (χ3v) is 4.29. The summed E-state index contributed by atoms with van der Waals surface area (Å²) in [5.41, 5.74) is 0.667. The largest absolute Gasteiger partial charge is 0.465 e. The highest BCUT2D eigenvalue weighted by Crippen LogP contribution is 2.17. The molecular formula is C13H18N2O5S. The maximum atomic E-state index is 12.2. The van der Waals surface area contributed by atoms with Crippen LogP contribution < -0.4 is 10.0 Å². The van der Waals surface area contributed by atoms with E-state index in [1.807, 2.05) is 0 Å². The van der Waals surface area contributed by atoms with Crippen LogP contribution in [0.2, 0.25) is 0 Å². The minimum Gasteiger partial charge on any atom is -0.465 e. The van der Waals surface area contributed by atoms with Crippen LogP contribution in [0, 0.1) is 6.92 Å². The molecule has 1 amide bonds. The van der Waals surface area contributed by atoms with Crippen LogP contribution in [0.25, 0.3) is 0 Å². The molecule has 0 aliphatic heterocycles. The van der Waals surface area contributed by atoms with Gasteiger partial charge in [-0.2, -0.15) is 0 Å². The zero-order valence-corrected chi connectivity index (χ0v) is 12.9. The molecule has 116 valence electrons. The minimum absolute atomic E-state index is 0.00762. The van der Waals surface area contributed by atoms with Crippen LogP contribution in [0.15, 0.2) is 23.1 Å². The van der Waals surface area contributed by atoms with Crippen LogP contribution in [0.1, 0.15) is 22.8 Å². The van der Waals surface area contributed by atoms with Crippen LogP contribution >= 0.6 is 0 Å². The first-order valence-electron chi connectivity index (χ1n) is 6.21. The van der Waals surface area contributed by atoms with E-state index in [1.54, 1.807) is 6.92 Å². The Balaban J connectivity index is 2.91. The van der Waals surface area contributed by atoms with Crippen molar-refractivity contribution in [1.29, 1.82) is 0 Å². The Morgan fingerprint density at radius 3 is 2.48 bits per heavy atom. The first-order valence-corrected chi connectivity index (χ1v) is 7.69. The van der Waals surface area contributed by atoms with Gasteiger partial charge in [0.15, 0.2) is 0 Å². The van der Waals surface area contributed by atoms with Crippen LogP contribution in [-0.4, -0.2) is 40.5 Å². The van der Waals surface area contributed by atoms with Gasteiger partial charge in [-0.25, -0.2) is 17.9 Å². The smallest absolute Gasteiger partial charge is 0.337 e. The Kier molecular flexibility index (Phi) is 5.86. The number of hydrogen-bond donors (Lipinski definition) is 2. The van der Waals surface area contributed by atoms with Crippen molar-refractivity contribution in [2.45, 2.75) is 18.7 Å². The van der Waals surface area contributed by atoms with Crippen molar-refractivity contribution in [3.63, 3.8) is 0 Å². The van der Waals surface area contributed by atoms with Gasteiger partial charge in [-0.1, -0.05) is 6.07 Å². The number of hydrogen-bond acceptors (Lipinski definition) is 5. The monoisotopic (exact) mass is 314 g/mol. The van der Waals surface area contributed by atoms with Crippen LogP contribution in [0.4, 0.5) is 0 Å². The summed E-state index contributed by atoms with van der Waals surface area (Å²) < 4.78 is 31.3. The van der Waals surface area contributed by atoms with E-state index < -0.39 is 16.0 Å². The van der Waals surface area contributed by atoms with Gasteiger partial charge in [-0.3, -0.25) is 4.79 Å². The molecule has 0 spiro atoms. The third kappa shape index (κ3) is 4.83. The van der Waals surface area contributed by atoms with Gasteiger partial charge in [-0.15, -0.1) is 0 Å². The summed E-state index contributed by atoms with van der Waals surface area (Å²) in [7, 11) is -2.54. The maximum absolute atomic E-state index is 12.2. The molecule has 0 fully saturated rings. The Bertz CT molecular complexity index is 640. The van der Waals surface area contributed by atoms with Gasteiger partial charge in [-0.05, 0) is 24.6 Å². The quantitative estimate of drug-likeness (QED) is 0.577. The van der Waals surface area contributed by atoms with E-state index in [2.05, 4.69) is 14.8 Å². The van der Waals surface area contributed by atoms with Crippen LogP contribution in [-0.2, 0) is 19.6 Å². The second-order valence-corrected chi connectivity index (χ2v) is 6.09. The van der Waals surface area contributed by atoms with Gasteiger partial charge in [0, 0.05) is 20.0 Å². The molecule has 1 aromatic rings. The Morgan fingerprint density at radius 1 is 1.24 bits per heavy atom. The number of amides is 1. The molecule has 0 unspecified atom stereocenters. The normalized spacial score (nSPS) is 11.0. The number of nitrogens with one attached hydrogen (secondary N) is 2. The van der Waals surface area contributed by atoms with Crippen molar-refractivity contribution in [1.82, 2.24) is 10.0 Å². The highest BCUT2D eigenvalue weighted by atomic mass is 32.2. The van der Waals surface area contributed by atoms with E-state index in [-0.39, 0.29) is 29.5 Å². The first-order chi connectivity index (χ1) is 9.77. The Hall–Kier alpha value is -1.93. The van der Waals surface area contributed by atoms with Crippen molar-refractivity contribution in [2.75, 3.05) is 20.2 Å². The molecule has 1 aromatic carbocycles. The first kappa shape index (κ1) is 17.1. The molecule has 0 heterocycles. The summed E-state index contributed by atoms with van der Waals surface area (Å²) in [4.78, 5) is 22.2. The summed E-state index contributed by atoms with van der Waals surface area (Å²) in [5, 5.41) is 2.48. The maximum Gasteiger partial charge on any atom is 0.337 e. The molecule has 0 aliphatic carbocycles. The van der Waals surface area contributed by atoms with Crippen molar-refractivity contribution < 1.29 is 22.7 Å². The molecule has 0 saturated carbocycles. The van der Waals surface area contributed by atoms with Gasteiger partial charge >= 0.3 is 5.97 Å². The predicted octanol–water partition coefficient (Wildman–Crippen LogP) is 0.196. The molecule has 0 radical (unpaired) electrons. The lowest BCUT2D eigenvalue weighted by atomic mass is 10.1. The number of carbonyl (C=O) groups is 2. The fourth-order valence-corrected chi connectivity index (χ4v) is 2.94. The number of benzene rings is 1. The lowest BCUT2D eigenvalue weighted by Crippen LogP contribution is -2.34. The molecule has 8 heteroatoms. The summed E-state index contributed by atoms with van der Waals surface area (Å²) in [6.45, 7) is 3.22. The van der Waals surface area contributed by atoms with Crippen molar-refractivity contribution in [3.8, 4) is 0 Å². The molecule has 0 atom stereocenters. The summed E-state index contributed by atoms with van der Waals surface area (Å²) in [6, 6.07) is 4.30. The van der Waals surface area contributed by atoms with E-state index in [9.17, 15) is 18.0 Å². The highest BCUT2D eigenvalue weighted by Gasteiger charge is 2.18. The Labute approximate surface area is 123 Å². The predicted molar refractivity (Wildman–Crippen MR) is 76.4 cm³/mol. The number of ether oxygens (including phenoxy) is 1. The molecule has 0 saturated heterocycles. The number of aryl methyl sites for hydroxylation is 1. The summed E-state index contributed by atoms with van der Waals surface area (Å²) in [6.07, 6.45) is 0. The average molecular weight is 314 g/mol. The lowest BCUT2D eigenvalue weighted by Gasteiger charge is -2.10.